The lowest BCUT2D eigenvalue weighted by Gasteiger charge is -2.22. The molecule has 1 atom stereocenters. The van der Waals surface area contributed by atoms with Gasteiger partial charge in [0.25, 0.3) is 0 Å². The Hall–Kier alpha value is -3.13. The van der Waals surface area contributed by atoms with E-state index in [2.05, 4.69) is 10.3 Å². The van der Waals surface area contributed by atoms with Crippen LogP contribution in [-0.2, 0) is 9.59 Å². The maximum Gasteiger partial charge on any atom is 0.231 e. The quantitative estimate of drug-likeness (QED) is 0.717. The largest absolute Gasteiger partial charge is 0.486 e. The molecule has 1 saturated heterocycles. The molecule has 8 heteroatoms. The van der Waals surface area contributed by atoms with E-state index in [-0.39, 0.29) is 18.2 Å². The molecule has 2 amide bonds. The second-order valence-corrected chi connectivity index (χ2v) is 8.24. The van der Waals surface area contributed by atoms with Gasteiger partial charge in [0.1, 0.15) is 13.2 Å². The van der Waals surface area contributed by atoms with Crippen molar-refractivity contribution in [2.45, 2.75) is 13.3 Å². The number of thiazole rings is 1. The molecule has 0 saturated carbocycles. The summed E-state index contributed by atoms with van der Waals surface area (Å²) in [7, 11) is 0. The standard InChI is InChI=1S/C21H19N3O4S/c1-12-2-4-15-18(8-12)29-21(22-15)23-20(26)13-9-19(25)24(11-13)14-3-5-16-17(10-14)28-7-6-27-16/h2-5,8,10,13H,6-7,9,11H2,1H3,(H,22,23,26)/t13-/m0/s1. The zero-order valence-electron chi connectivity index (χ0n) is 15.8. The van der Waals surface area contributed by atoms with Crippen LogP contribution < -0.4 is 19.7 Å². The number of nitrogens with one attached hydrogen (secondary N) is 1. The molecule has 1 aromatic heterocycles. The number of anilines is 2. The van der Waals surface area contributed by atoms with Crippen LogP contribution in [0.4, 0.5) is 10.8 Å². The Balaban J connectivity index is 1.31. The minimum Gasteiger partial charge on any atom is -0.486 e. The molecule has 2 aliphatic heterocycles. The first-order valence-electron chi connectivity index (χ1n) is 9.45. The first kappa shape index (κ1) is 17.9. The van der Waals surface area contributed by atoms with E-state index < -0.39 is 5.92 Å². The smallest absolute Gasteiger partial charge is 0.231 e. The normalized spacial score (nSPS) is 18.3. The van der Waals surface area contributed by atoms with E-state index in [1.165, 1.54) is 11.3 Å². The highest BCUT2D eigenvalue weighted by molar-refractivity contribution is 7.22. The van der Waals surface area contributed by atoms with Crippen LogP contribution in [0.2, 0.25) is 0 Å². The Morgan fingerprint density at radius 2 is 2.00 bits per heavy atom. The predicted molar refractivity (Wildman–Crippen MR) is 111 cm³/mol. The van der Waals surface area contributed by atoms with Crippen LogP contribution in [0, 0.1) is 12.8 Å². The number of aryl methyl sites for hydroxylation is 1. The lowest BCUT2D eigenvalue weighted by Crippen LogP contribution is -2.28. The highest BCUT2D eigenvalue weighted by Gasteiger charge is 2.36. The van der Waals surface area contributed by atoms with Crippen LogP contribution in [0.15, 0.2) is 36.4 Å². The van der Waals surface area contributed by atoms with Crippen LogP contribution >= 0.6 is 11.3 Å². The van der Waals surface area contributed by atoms with Crippen molar-refractivity contribution in [3.8, 4) is 11.5 Å². The van der Waals surface area contributed by atoms with E-state index in [0.29, 0.717) is 42.1 Å². The third-order valence-corrected chi connectivity index (χ3v) is 6.04. The summed E-state index contributed by atoms with van der Waals surface area (Å²) >= 11 is 1.44. The number of carbonyl (C=O) groups excluding carboxylic acids is 2. The first-order chi connectivity index (χ1) is 14.1. The lowest BCUT2D eigenvalue weighted by molar-refractivity contribution is -0.122. The first-order valence-corrected chi connectivity index (χ1v) is 10.3. The van der Waals surface area contributed by atoms with E-state index in [4.69, 9.17) is 9.47 Å². The van der Waals surface area contributed by atoms with Crippen molar-refractivity contribution < 1.29 is 19.1 Å². The zero-order chi connectivity index (χ0) is 20.0. The van der Waals surface area contributed by atoms with Crippen molar-refractivity contribution in [1.82, 2.24) is 4.98 Å². The topological polar surface area (TPSA) is 80.8 Å². The molecule has 5 rings (SSSR count). The molecule has 0 bridgehead atoms. The summed E-state index contributed by atoms with van der Waals surface area (Å²) in [5.41, 5.74) is 2.72. The van der Waals surface area contributed by atoms with Gasteiger partial charge in [0, 0.05) is 24.7 Å². The molecule has 29 heavy (non-hydrogen) atoms. The molecule has 1 N–H and O–H groups in total. The van der Waals surface area contributed by atoms with Crippen molar-refractivity contribution in [2.75, 3.05) is 30.0 Å². The van der Waals surface area contributed by atoms with Gasteiger partial charge in [-0.25, -0.2) is 4.98 Å². The number of hydrogen-bond acceptors (Lipinski definition) is 6. The number of fused-ring (bicyclic) bond motifs is 2. The van der Waals surface area contributed by atoms with Gasteiger partial charge in [-0.15, -0.1) is 0 Å². The molecule has 0 unspecified atom stereocenters. The van der Waals surface area contributed by atoms with Crippen molar-refractivity contribution in [2.24, 2.45) is 5.92 Å². The molecule has 0 spiro atoms. The maximum atomic E-state index is 12.7. The van der Waals surface area contributed by atoms with Gasteiger partial charge in [-0.05, 0) is 36.8 Å². The number of amides is 2. The average Bonchev–Trinajstić information content (AvgIpc) is 3.30. The number of aromatic nitrogens is 1. The van der Waals surface area contributed by atoms with E-state index in [9.17, 15) is 9.59 Å². The predicted octanol–water partition coefficient (Wildman–Crippen LogP) is 3.37. The fourth-order valence-electron chi connectivity index (χ4n) is 3.63. The number of benzene rings is 2. The molecular weight excluding hydrogens is 390 g/mol. The summed E-state index contributed by atoms with van der Waals surface area (Å²) in [6.45, 7) is 3.35. The Morgan fingerprint density at radius 3 is 2.86 bits per heavy atom. The second-order valence-electron chi connectivity index (χ2n) is 7.21. The van der Waals surface area contributed by atoms with E-state index in [1.807, 2.05) is 31.2 Å². The fraction of sp³-hybridized carbons (Fsp3) is 0.286. The summed E-state index contributed by atoms with van der Waals surface area (Å²) < 4.78 is 12.2. The minimum atomic E-state index is -0.426. The van der Waals surface area contributed by atoms with Crippen molar-refractivity contribution in [3.63, 3.8) is 0 Å². The Morgan fingerprint density at radius 1 is 1.17 bits per heavy atom. The molecule has 2 aliphatic rings. The van der Waals surface area contributed by atoms with Gasteiger partial charge >= 0.3 is 0 Å². The number of ether oxygens (including phenoxy) is 2. The average molecular weight is 409 g/mol. The molecule has 148 valence electrons. The van der Waals surface area contributed by atoms with Crippen LogP contribution in [0.5, 0.6) is 11.5 Å². The highest BCUT2D eigenvalue weighted by Crippen LogP contribution is 2.36. The second kappa shape index (κ2) is 7.04. The van der Waals surface area contributed by atoms with Gasteiger partial charge in [-0.2, -0.15) is 0 Å². The Labute approximate surface area is 171 Å². The van der Waals surface area contributed by atoms with Crippen LogP contribution in [0.25, 0.3) is 10.2 Å². The summed E-state index contributed by atoms with van der Waals surface area (Å²) in [5.74, 6) is 0.603. The molecule has 7 nitrogen and oxygen atoms in total. The minimum absolute atomic E-state index is 0.0817. The highest BCUT2D eigenvalue weighted by atomic mass is 32.1. The van der Waals surface area contributed by atoms with Gasteiger partial charge in [-0.1, -0.05) is 17.4 Å². The number of carbonyl (C=O) groups is 2. The number of rotatable bonds is 3. The van der Waals surface area contributed by atoms with Crippen molar-refractivity contribution in [1.29, 1.82) is 0 Å². The van der Waals surface area contributed by atoms with E-state index in [0.717, 1.165) is 15.8 Å². The van der Waals surface area contributed by atoms with Gasteiger partial charge in [0.2, 0.25) is 11.8 Å². The summed E-state index contributed by atoms with van der Waals surface area (Å²) in [6, 6.07) is 11.4. The maximum absolute atomic E-state index is 12.7. The molecule has 3 aromatic rings. The Kier molecular flexibility index (Phi) is 4.35. The summed E-state index contributed by atoms with van der Waals surface area (Å²) in [4.78, 5) is 31.4. The van der Waals surface area contributed by atoms with Crippen LogP contribution in [0.1, 0.15) is 12.0 Å². The lowest BCUT2D eigenvalue weighted by atomic mass is 10.1. The molecule has 3 heterocycles. The third-order valence-electron chi connectivity index (χ3n) is 5.11. The van der Waals surface area contributed by atoms with Gasteiger partial charge in [0.05, 0.1) is 16.1 Å². The SMILES string of the molecule is Cc1ccc2nc(NC(=O)[C@H]3CC(=O)N(c4ccc5c(c4)OCCO5)C3)sc2c1. The van der Waals surface area contributed by atoms with Crippen molar-refractivity contribution >= 4 is 44.2 Å². The van der Waals surface area contributed by atoms with Gasteiger partial charge in [-0.3, -0.25) is 9.59 Å². The molecule has 1 fully saturated rings. The monoisotopic (exact) mass is 409 g/mol. The Bertz CT molecular complexity index is 1130. The van der Waals surface area contributed by atoms with E-state index >= 15 is 0 Å². The van der Waals surface area contributed by atoms with E-state index in [1.54, 1.807) is 17.0 Å². The molecular formula is C21H19N3O4S. The van der Waals surface area contributed by atoms with Crippen molar-refractivity contribution in [3.05, 3.63) is 42.0 Å². The third kappa shape index (κ3) is 3.40. The molecule has 0 radical (unpaired) electrons. The fourth-order valence-corrected chi connectivity index (χ4v) is 4.59. The van der Waals surface area contributed by atoms with Crippen LogP contribution in [0.3, 0.4) is 0 Å². The van der Waals surface area contributed by atoms with Crippen LogP contribution in [-0.4, -0.2) is 36.6 Å². The number of nitrogens with zero attached hydrogens (tertiary/aromatic N) is 2. The summed E-state index contributed by atoms with van der Waals surface area (Å²) in [5, 5.41) is 3.44. The number of hydrogen-bond donors (Lipinski definition) is 1. The zero-order valence-corrected chi connectivity index (χ0v) is 16.6. The molecule has 0 aliphatic carbocycles. The molecule has 2 aromatic carbocycles. The summed E-state index contributed by atoms with van der Waals surface area (Å²) in [6.07, 6.45) is 0.171. The van der Waals surface area contributed by atoms with Gasteiger partial charge < -0.3 is 19.7 Å². The van der Waals surface area contributed by atoms with Gasteiger partial charge in [0.15, 0.2) is 16.6 Å².